The quantitative estimate of drug-likeness (QED) is 0.566. The Bertz CT molecular complexity index is 932. The number of hydrogen-bond donors (Lipinski definition) is 1. The van der Waals surface area contributed by atoms with E-state index in [1.54, 1.807) is 0 Å². The number of benzene rings is 3. The van der Waals surface area contributed by atoms with Crippen LogP contribution in [-0.2, 0) is 4.79 Å². The Morgan fingerprint density at radius 1 is 1.00 bits per heavy atom. The highest BCUT2D eigenvalue weighted by molar-refractivity contribution is 5.99. The van der Waals surface area contributed by atoms with Crippen molar-refractivity contribution in [3.05, 3.63) is 77.9 Å². The summed E-state index contributed by atoms with van der Waals surface area (Å²) in [6.07, 6.45) is 0. The smallest absolute Gasteiger partial charge is 0.277 e. The van der Waals surface area contributed by atoms with E-state index in [9.17, 15) is 4.79 Å². The Balaban J connectivity index is 1.57. The summed E-state index contributed by atoms with van der Waals surface area (Å²) >= 11 is 0. The van der Waals surface area contributed by atoms with Gasteiger partial charge in [0.1, 0.15) is 5.75 Å². The van der Waals surface area contributed by atoms with Gasteiger partial charge in [-0.05, 0) is 42.3 Å². The number of carbonyl (C=O) groups excluding carboxylic acids is 1. The summed E-state index contributed by atoms with van der Waals surface area (Å²) in [5.74, 6) is 0.369. The van der Waals surface area contributed by atoms with Gasteiger partial charge < -0.3 is 4.74 Å². The van der Waals surface area contributed by atoms with Crippen molar-refractivity contribution in [2.24, 2.45) is 5.10 Å². The van der Waals surface area contributed by atoms with Crippen LogP contribution in [0.4, 0.5) is 0 Å². The highest BCUT2D eigenvalue weighted by atomic mass is 16.5. The molecule has 0 heterocycles. The van der Waals surface area contributed by atoms with Crippen LogP contribution in [0.2, 0.25) is 0 Å². The predicted molar refractivity (Wildman–Crippen MR) is 101 cm³/mol. The normalized spacial score (nSPS) is 11.4. The molecule has 1 N–H and O–H groups in total. The van der Waals surface area contributed by atoms with Gasteiger partial charge in [0.15, 0.2) is 6.61 Å². The average molecular weight is 332 g/mol. The molecule has 4 heteroatoms. The Hall–Kier alpha value is -3.14. The highest BCUT2D eigenvalue weighted by Crippen LogP contribution is 2.20. The molecule has 0 radical (unpaired) electrons. The van der Waals surface area contributed by atoms with E-state index < -0.39 is 0 Å². The van der Waals surface area contributed by atoms with Gasteiger partial charge >= 0.3 is 0 Å². The molecule has 3 aromatic rings. The topological polar surface area (TPSA) is 50.7 Å². The first-order valence-corrected chi connectivity index (χ1v) is 8.13. The van der Waals surface area contributed by atoms with Crippen LogP contribution in [0.25, 0.3) is 10.8 Å². The van der Waals surface area contributed by atoms with Crippen LogP contribution in [0.1, 0.15) is 18.1 Å². The number of ether oxygens (including phenoxy) is 1. The summed E-state index contributed by atoms with van der Waals surface area (Å²) in [4.78, 5) is 11.9. The zero-order valence-corrected chi connectivity index (χ0v) is 14.3. The third-order valence-electron chi connectivity index (χ3n) is 3.88. The van der Waals surface area contributed by atoms with Crippen molar-refractivity contribution in [3.8, 4) is 5.75 Å². The predicted octanol–water partition coefficient (Wildman–Crippen LogP) is 4.07. The fourth-order valence-corrected chi connectivity index (χ4v) is 2.52. The molecule has 0 bridgehead atoms. The largest absolute Gasteiger partial charge is 0.484 e. The second kappa shape index (κ2) is 7.62. The molecule has 3 aromatic carbocycles. The van der Waals surface area contributed by atoms with Crippen molar-refractivity contribution in [2.45, 2.75) is 13.8 Å². The van der Waals surface area contributed by atoms with Gasteiger partial charge in [0.25, 0.3) is 5.91 Å². The van der Waals surface area contributed by atoms with Gasteiger partial charge in [-0.2, -0.15) is 5.10 Å². The van der Waals surface area contributed by atoms with E-state index in [0.29, 0.717) is 5.75 Å². The summed E-state index contributed by atoms with van der Waals surface area (Å²) in [5, 5.41) is 6.35. The molecule has 0 aliphatic rings. The maximum Gasteiger partial charge on any atom is 0.277 e. The zero-order chi connectivity index (χ0) is 17.6. The van der Waals surface area contributed by atoms with Gasteiger partial charge in [-0.1, -0.05) is 60.2 Å². The lowest BCUT2D eigenvalue weighted by Crippen LogP contribution is -2.25. The molecule has 0 atom stereocenters. The van der Waals surface area contributed by atoms with E-state index in [-0.39, 0.29) is 12.5 Å². The summed E-state index contributed by atoms with van der Waals surface area (Å²) in [6.45, 7) is 3.80. The first kappa shape index (κ1) is 16.7. The SMILES string of the molecule is C/C(=N\NC(=O)COc1ccc2ccccc2c1)c1cccc(C)c1. The average Bonchev–Trinajstić information content (AvgIpc) is 2.64. The minimum Gasteiger partial charge on any atom is -0.484 e. The number of rotatable bonds is 5. The second-order valence-electron chi connectivity index (χ2n) is 5.90. The number of hydrogen-bond acceptors (Lipinski definition) is 3. The van der Waals surface area contributed by atoms with Crippen LogP contribution in [0.3, 0.4) is 0 Å². The molecular formula is C21H20N2O2. The highest BCUT2D eigenvalue weighted by Gasteiger charge is 2.04. The number of hydrazone groups is 1. The van der Waals surface area contributed by atoms with Gasteiger partial charge in [0.05, 0.1) is 5.71 Å². The Kier molecular flexibility index (Phi) is 5.09. The molecule has 0 saturated carbocycles. The molecule has 0 fully saturated rings. The van der Waals surface area contributed by atoms with Crippen molar-refractivity contribution < 1.29 is 9.53 Å². The van der Waals surface area contributed by atoms with E-state index in [0.717, 1.165) is 27.6 Å². The second-order valence-corrected chi connectivity index (χ2v) is 5.90. The number of nitrogens with zero attached hydrogens (tertiary/aromatic N) is 1. The fraction of sp³-hybridized carbons (Fsp3) is 0.143. The lowest BCUT2D eigenvalue weighted by Gasteiger charge is -2.07. The number of fused-ring (bicyclic) bond motifs is 1. The van der Waals surface area contributed by atoms with Gasteiger partial charge in [0.2, 0.25) is 0 Å². The molecule has 4 nitrogen and oxygen atoms in total. The Morgan fingerprint density at radius 2 is 1.80 bits per heavy atom. The summed E-state index contributed by atoms with van der Waals surface area (Å²) in [5.41, 5.74) is 5.42. The number of nitrogens with one attached hydrogen (secondary N) is 1. The van der Waals surface area contributed by atoms with Crippen LogP contribution in [0.5, 0.6) is 5.75 Å². The lowest BCUT2D eigenvalue weighted by atomic mass is 10.1. The Morgan fingerprint density at radius 3 is 2.60 bits per heavy atom. The summed E-state index contributed by atoms with van der Waals surface area (Å²) in [7, 11) is 0. The van der Waals surface area contributed by atoms with Gasteiger partial charge in [-0.3, -0.25) is 4.79 Å². The standard InChI is InChI=1S/C21H20N2O2/c1-15-6-5-9-18(12-15)16(2)22-23-21(24)14-25-20-11-10-17-7-3-4-8-19(17)13-20/h3-13H,14H2,1-2H3,(H,23,24)/b22-16+. The molecular weight excluding hydrogens is 312 g/mol. The number of aryl methyl sites for hydroxylation is 1. The third kappa shape index (κ3) is 4.44. The minimum atomic E-state index is -0.292. The molecule has 3 rings (SSSR count). The molecule has 0 saturated heterocycles. The third-order valence-corrected chi connectivity index (χ3v) is 3.88. The van der Waals surface area contributed by atoms with Crippen molar-refractivity contribution in [1.82, 2.24) is 5.43 Å². The first-order chi connectivity index (χ1) is 12.1. The van der Waals surface area contributed by atoms with E-state index in [2.05, 4.69) is 10.5 Å². The molecule has 0 aromatic heterocycles. The van der Waals surface area contributed by atoms with Crippen LogP contribution < -0.4 is 10.2 Å². The van der Waals surface area contributed by atoms with Crippen LogP contribution in [0, 0.1) is 6.92 Å². The molecule has 0 spiro atoms. The number of carbonyl (C=O) groups is 1. The fourth-order valence-electron chi connectivity index (χ4n) is 2.52. The maximum absolute atomic E-state index is 11.9. The van der Waals surface area contributed by atoms with Gasteiger partial charge in [-0.15, -0.1) is 0 Å². The number of amides is 1. The first-order valence-electron chi connectivity index (χ1n) is 8.13. The Labute approximate surface area is 147 Å². The maximum atomic E-state index is 11.9. The van der Waals surface area contributed by atoms with Crippen LogP contribution in [-0.4, -0.2) is 18.2 Å². The molecule has 0 unspecified atom stereocenters. The summed E-state index contributed by atoms with van der Waals surface area (Å²) in [6, 6.07) is 21.7. The molecule has 0 aliphatic heterocycles. The van der Waals surface area contributed by atoms with Crippen LogP contribution in [0.15, 0.2) is 71.8 Å². The van der Waals surface area contributed by atoms with E-state index in [1.807, 2.05) is 80.6 Å². The van der Waals surface area contributed by atoms with Gasteiger partial charge in [-0.25, -0.2) is 5.43 Å². The molecule has 25 heavy (non-hydrogen) atoms. The zero-order valence-electron chi connectivity index (χ0n) is 14.3. The molecule has 0 aliphatic carbocycles. The van der Waals surface area contributed by atoms with Crippen LogP contribution >= 0.6 is 0 Å². The molecule has 126 valence electrons. The van der Waals surface area contributed by atoms with E-state index in [4.69, 9.17) is 4.74 Å². The van der Waals surface area contributed by atoms with E-state index in [1.165, 1.54) is 0 Å². The van der Waals surface area contributed by atoms with Crippen molar-refractivity contribution in [3.63, 3.8) is 0 Å². The monoisotopic (exact) mass is 332 g/mol. The van der Waals surface area contributed by atoms with Crippen molar-refractivity contribution >= 4 is 22.4 Å². The van der Waals surface area contributed by atoms with Crippen molar-refractivity contribution in [2.75, 3.05) is 6.61 Å². The van der Waals surface area contributed by atoms with Gasteiger partial charge in [0, 0.05) is 0 Å². The lowest BCUT2D eigenvalue weighted by molar-refractivity contribution is -0.123. The minimum absolute atomic E-state index is 0.0804. The van der Waals surface area contributed by atoms with Crippen molar-refractivity contribution in [1.29, 1.82) is 0 Å². The molecule has 1 amide bonds. The summed E-state index contributed by atoms with van der Waals surface area (Å²) < 4.78 is 5.55. The van der Waals surface area contributed by atoms with E-state index >= 15 is 0 Å².